The fourth-order valence-corrected chi connectivity index (χ4v) is 6.54. The predicted octanol–water partition coefficient (Wildman–Crippen LogP) is 6.49. The van der Waals surface area contributed by atoms with Gasteiger partial charge in [0.2, 0.25) is 0 Å². The maximum Gasteiger partial charge on any atom is 0.373 e. The second-order valence-corrected chi connectivity index (χ2v) is 13.2. The molecule has 2 fully saturated rings. The van der Waals surface area contributed by atoms with E-state index in [1.807, 2.05) is 39.0 Å². The molecular formula is C34H46O8S. The summed E-state index contributed by atoms with van der Waals surface area (Å²) < 4.78 is 43.3. The van der Waals surface area contributed by atoms with E-state index < -0.39 is 21.2 Å². The van der Waals surface area contributed by atoms with Gasteiger partial charge in [0, 0.05) is 0 Å². The summed E-state index contributed by atoms with van der Waals surface area (Å²) in [6.45, 7) is 12.4. The minimum Gasteiger partial charge on any atom is -0.464 e. The molecule has 9 heteroatoms. The van der Waals surface area contributed by atoms with E-state index in [-0.39, 0.29) is 24.3 Å². The number of allylic oxidation sites excluding steroid dienone is 5. The molecule has 5 atom stereocenters. The molecule has 8 nitrogen and oxygen atoms in total. The van der Waals surface area contributed by atoms with Crippen LogP contribution in [0.15, 0.2) is 81.8 Å². The molecule has 3 rings (SSSR count). The third-order valence-corrected chi connectivity index (χ3v) is 9.60. The minimum atomic E-state index is -3.53. The number of sulfone groups is 1. The molecule has 2 heterocycles. The zero-order chi connectivity index (χ0) is 32.0. The molecule has 0 bridgehead atoms. The number of epoxide rings is 2. The van der Waals surface area contributed by atoms with Crippen molar-refractivity contribution in [1.29, 1.82) is 0 Å². The van der Waals surface area contributed by atoms with Crippen molar-refractivity contribution in [2.45, 2.75) is 115 Å². The summed E-state index contributed by atoms with van der Waals surface area (Å²) in [6.07, 6.45) is 13.2. The predicted molar refractivity (Wildman–Crippen MR) is 165 cm³/mol. The van der Waals surface area contributed by atoms with Gasteiger partial charge in [-0.2, -0.15) is 9.59 Å². The molecule has 1 aromatic rings. The highest BCUT2D eigenvalue weighted by molar-refractivity contribution is 7.92. The van der Waals surface area contributed by atoms with Crippen molar-refractivity contribution in [1.82, 2.24) is 0 Å². The van der Waals surface area contributed by atoms with Gasteiger partial charge in [0.25, 0.3) is 0 Å². The van der Waals surface area contributed by atoms with Crippen molar-refractivity contribution >= 4 is 22.0 Å². The number of hydrogen-bond acceptors (Lipinski definition) is 8. The van der Waals surface area contributed by atoms with Gasteiger partial charge in [-0.25, -0.2) is 13.2 Å². The molecule has 5 unspecified atom stereocenters. The molecule has 43 heavy (non-hydrogen) atoms. The molecule has 0 spiro atoms. The van der Waals surface area contributed by atoms with Gasteiger partial charge < -0.3 is 14.2 Å². The normalized spacial score (nSPS) is 23.0. The van der Waals surface area contributed by atoms with Crippen LogP contribution in [0.3, 0.4) is 0 Å². The van der Waals surface area contributed by atoms with Gasteiger partial charge in [-0.15, -0.1) is 0 Å². The highest BCUT2D eigenvalue weighted by Gasteiger charge is 2.47. The van der Waals surface area contributed by atoms with Crippen LogP contribution in [0.4, 0.5) is 0 Å². The van der Waals surface area contributed by atoms with Crippen LogP contribution in [0.25, 0.3) is 0 Å². The third-order valence-electron chi connectivity index (χ3n) is 7.54. The van der Waals surface area contributed by atoms with Crippen LogP contribution in [0, 0.1) is 0 Å². The molecule has 2 saturated heterocycles. The smallest absolute Gasteiger partial charge is 0.373 e. The van der Waals surface area contributed by atoms with Crippen molar-refractivity contribution in [2.75, 3.05) is 6.61 Å². The van der Waals surface area contributed by atoms with Crippen molar-refractivity contribution in [3.63, 3.8) is 0 Å². The highest BCUT2D eigenvalue weighted by atomic mass is 32.2. The first-order valence-corrected chi connectivity index (χ1v) is 16.5. The Labute approximate surface area is 256 Å². The molecule has 236 valence electrons. The Morgan fingerprint density at radius 2 is 1.47 bits per heavy atom. The Morgan fingerprint density at radius 3 is 2.02 bits per heavy atom. The monoisotopic (exact) mass is 614 g/mol. The van der Waals surface area contributed by atoms with Gasteiger partial charge in [0.05, 0.1) is 22.9 Å². The van der Waals surface area contributed by atoms with Crippen molar-refractivity contribution in [3.05, 3.63) is 76.9 Å². The van der Waals surface area contributed by atoms with Gasteiger partial charge >= 0.3 is 12.1 Å². The standard InChI is InChI=1S/C33H46O6S.CO2/c1-7-29-30(38-29)25(5)16-13-15-24(4)22-28(40(35,36)27-18-10-9-11-19-27)21-20-23(3)14-12-17-26(6)31-32(39-31)33(34)37-8-2;2-1-3/h9-11,16-20,22,28-32H,7-8,12-15,21H2,1-6H3;/b23-20+,24-22+,25-16+,26-17+;. The van der Waals surface area contributed by atoms with Gasteiger partial charge in [0.15, 0.2) is 15.9 Å². The topological polar surface area (TPSA) is 120 Å². The van der Waals surface area contributed by atoms with E-state index in [0.717, 1.165) is 48.8 Å². The average Bonchev–Trinajstić information content (AvgIpc) is 3.90. The van der Waals surface area contributed by atoms with E-state index in [2.05, 4.69) is 26.0 Å². The first kappa shape index (κ1) is 36.1. The Morgan fingerprint density at radius 1 is 0.884 bits per heavy atom. The van der Waals surface area contributed by atoms with Crippen LogP contribution in [0.2, 0.25) is 0 Å². The molecular weight excluding hydrogens is 568 g/mol. The van der Waals surface area contributed by atoms with E-state index in [1.54, 1.807) is 31.2 Å². The highest BCUT2D eigenvalue weighted by Crippen LogP contribution is 2.32. The van der Waals surface area contributed by atoms with E-state index in [1.165, 1.54) is 5.57 Å². The molecule has 0 radical (unpaired) electrons. The van der Waals surface area contributed by atoms with Crippen LogP contribution >= 0.6 is 0 Å². The van der Waals surface area contributed by atoms with Crippen LogP contribution in [0.1, 0.15) is 80.1 Å². The molecule has 2 aliphatic rings. The van der Waals surface area contributed by atoms with Crippen molar-refractivity contribution in [2.24, 2.45) is 0 Å². The lowest BCUT2D eigenvalue weighted by Gasteiger charge is -2.15. The van der Waals surface area contributed by atoms with Gasteiger partial charge in [-0.05, 0) is 96.4 Å². The number of benzene rings is 1. The summed E-state index contributed by atoms with van der Waals surface area (Å²) in [5.41, 5.74) is 4.50. The minimum absolute atomic E-state index is 0.194. The molecule has 2 aliphatic heterocycles. The molecule has 0 aliphatic carbocycles. The van der Waals surface area contributed by atoms with Crippen molar-refractivity contribution in [3.8, 4) is 0 Å². The number of ether oxygens (including phenoxy) is 3. The lowest BCUT2D eigenvalue weighted by Crippen LogP contribution is -2.19. The number of carbonyl (C=O) groups excluding carboxylic acids is 3. The maximum absolute atomic E-state index is 13.6. The summed E-state index contributed by atoms with van der Waals surface area (Å²) in [7, 11) is -3.53. The van der Waals surface area contributed by atoms with Crippen LogP contribution in [-0.2, 0) is 38.4 Å². The Hall–Kier alpha value is -3.10. The lowest BCUT2D eigenvalue weighted by atomic mass is 10.0. The summed E-state index contributed by atoms with van der Waals surface area (Å²) in [5.74, 6) is -0.307. The number of esters is 1. The summed E-state index contributed by atoms with van der Waals surface area (Å²) in [5, 5.41) is -0.631. The number of hydrogen-bond donors (Lipinski definition) is 0. The van der Waals surface area contributed by atoms with E-state index in [4.69, 9.17) is 23.8 Å². The maximum atomic E-state index is 13.6. The first-order chi connectivity index (χ1) is 20.5. The molecule has 1 aromatic carbocycles. The Kier molecular flexibility index (Phi) is 15.0. The lowest BCUT2D eigenvalue weighted by molar-refractivity contribution is -0.191. The van der Waals surface area contributed by atoms with Gasteiger partial charge in [-0.1, -0.05) is 60.6 Å². The Bertz CT molecular complexity index is 1320. The molecule has 0 N–H and O–H groups in total. The fourth-order valence-electron chi connectivity index (χ4n) is 4.89. The van der Waals surface area contributed by atoms with Gasteiger partial charge in [0.1, 0.15) is 12.2 Å². The summed E-state index contributed by atoms with van der Waals surface area (Å²) in [6, 6.07) is 8.71. The largest absolute Gasteiger partial charge is 0.464 e. The van der Waals surface area contributed by atoms with Crippen LogP contribution < -0.4 is 0 Å². The second kappa shape index (κ2) is 17.9. The third kappa shape index (κ3) is 11.8. The zero-order valence-electron chi connectivity index (χ0n) is 26.2. The number of carbonyl (C=O) groups is 1. The average molecular weight is 615 g/mol. The molecule has 0 amide bonds. The fraction of sp³-hybridized carbons (Fsp3) is 0.529. The molecule has 0 saturated carbocycles. The van der Waals surface area contributed by atoms with Crippen molar-refractivity contribution < 1.29 is 37.0 Å². The summed E-state index contributed by atoms with van der Waals surface area (Å²) in [4.78, 5) is 28.4. The van der Waals surface area contributed by atoms with Crippen LogP contribution in [-0.4, -0.2) is 56.8 Å². The molecule has 0 aromatic heterocycles. The van der Waals surface area contributed by atoms with Gasteiger partial charge in [-0.3, -0.25) is 0 Å². The van der Waals surface area contributed by atoms with Crippen LogP contribution in [0.5, 0.6) is 0 Å². The van der Waals surface area contributed by atoms with E-state index >= 15 is 0 Å². The zero-order valence-corrected chi connectivity index (χ0v) is 27.0. The summed E-state index contributed by atoms with van der Waals surface area (Å²) >= 11 is 0. The number of rotatable bonds is 16. The SMILES string of the molecule is CCOC(=O)C1OC1/C(C)=C/CC/C(C)=C/CC(/C=C(\C)CC/C=C(\C)C1OC1CC)S(=O)(=O)c1ccccc1.O=C=O. The van der Waals surface area contributed by atoms with E-state index in [9.17, 15) is 13.2 Å². The first-order valence-electron chi connectivity index (χ1n) is 14.9. The Balaban J connectivity index is 0.00000206. The van der Waals surface area contributed by atoms with E-state index in [0.29, 0.717) is 24.0 Å². The quantitative estimate of drug-likeness (QED) is 0.118. The second-order valence-electron chi connectivity index (χ2n) is 11.0.